The zero-order chi connectivity index (χ0) is 19.4. The third-order valence-electron chi connectivity index (χ3n) is 4.17. The van der Waals surface area contributed by atoms with Crippen molar-refractivity contribution >= 4 is 11.8 Å². The molecular weight excluding hydrogens is 346 g/mol. The number of aromatic nitrogens is 3. The van der Waals surface area contributed by atoms with Crippen molar-refractivity contribution in [1.82, 2.24) is 14.5 Å². The Kier molecular flexibility index (Phi) is 5.30. The number of hydrogen-bond donors (Lipinski definition) is 0. The van der Waals surface area contributed by atoms with Crippen LogP contribution in [0.3, 0.4) is 0 Å². The summed E-state index contributed by atoms with van der Waals surface area (Å²) >= 11 is 0. The molecular formula is C20H19N3O4. The Bertz CT molecular complexity index is 963. The number of aryl methyl sites for hydroxylation is 1. The number of carbonyl (C=O) groups excluding carboxylic acids is 2. The number of carbonyl (C=O) groups is 2. The minimum Gasteiger partial charge on any atom is -0.497 e. The van der Waals surface area contributed by atoms with Crippen LogP contribution in [0.4, 0.5) is 0 Å². The minimum atomic E-state index is -0.680. The average molecular weight is 365 g/mol. The lowest BCUT2D eigenvalue weighted by Gasteiger charge is -2.10. The molecule has 2 heterocycles. The van der Waals surface area contributed by atoms with Crippen molar-refractivity contribution < 1.29 is 19.1 Å². The van der Waals surface area contributed by atoms with Crippen molar-refractivity contribution in [3.05, 3.63) is 71.6 Å². The quantitative estimate of drug-likeness (QED) is 0.493. The van der Waals surface area contributed by atoms with E-state index in [4.69, 9.17) is 9.47 Å². The highest BCUT2D eigenvalue weighted by Gasteiger charge is 2.19. The fourth-order valence-corrected chi connectivity index (χ4v) is 2.86. The summed E-state index contributed by atoms with van der Waals surface area (Å²) in [5.41, 5.74) is 3.17. The van der Waals surface area contributed by atoms with E-state index in [2.05, 4.69) is 9.97 Å². The molecule has 0 amide bonds. The first-order valence-electron chi connectivity index (χ1n) is 8.31. The van der Waals surface area contributed by atoms with Gasteiger partial charge < -0.3 is 14.0 Å². The first kappa shape index (κ1) is 18.3. The lowest BCUT2D eigenvalue weighted by atomic mass is 10.1. The van der Waals surface area contributed by atoms with Crippen LogP contribution < -0.4 is 4.74 Å². The van der Waals surface area contributed by atoms with Gasteiger partial charge in [-0.25, -0.2) is 9.78 Å². The SMILES string of the molecule is COc1ccc(-n2c(C)cc(C(=O)COC(=O)c3cnccn3)c2C)cc1. The van der Waals surface area contributed by atoms with Crippen molar-refractivity contribution in [1.29, 1.82) is 0 Å². The molecule has 0 unspecified atom stereocenters. The fourth-order valence-electron chi connectivity index (χ4n) is 2.86. The van der Waals surface area contributed by atoms with Gasteiger partial charge in [0.05, 0.1) is 13.3 Å². The van der Waals surface area contributed by atoms with Crippen LogP contribution in [-0.2, 0) is 4.74 Å². The summed E-state index contributed by atoms with van der Waals surface area (Å²) < 4.78 is 12.2. The lowest BCUT2D eigenvalue weighted by molar-refractivity contribution is 0.0468. The van der Waals surface area contributed by atoms with Gasteiger partial charge in [0.1, 0.15) is 5.75 Å². The number of methoxy groups -OCH3 is 1. The second kappa shape index (κ2) is 7.82. The molecule has 3 rings (SSSR count). The number of ether oxygens (including phenoxy) is 2. The first-order valence-corrected chi connectivity index (χ1v) is 8.31. The van der Waals surface area contributed by atoms with Crippen molar-refractivity contribution in [3.8, 4) is 11.4 Å². The maximum Gasteiger partial charge on any atom is 0.358 e. The lowest BCUT2D eigenvalue weighted by Crippen LogP contribution is -2.16. The number of hydrogen-bond acceptors (Lipinski definition) is 6. The summed E-state index contributed by atoms with van der Waals surface area (Å²) in [5.74, 6) is -0.200. The van der Waals surface area contributed by atoms with E-state index in [1.807, 2.05) is 42.7 Å². The monoisotopic (exact) mass is 365 g/mol. The number of rotatable bonds is 6. The normalized spacial score (nSPS) is 10.5. The van der Waals surface area contributed by atoms with E-state index in [0.29, 0.717) is 5.56 Å². The van der Waals surface area contributed by atoms with E-state index >= 15 is 0 Å². The van der Waals surface area contributed by atoms with Gasteiger partial charge >= 0.3 is 5.97 Å². The Labute approximate surface area is 156 Å². The maximum atomic E-state index is 12.6. The summed E-state index contributed by atoms with van der Waals surface area (Å²) in [6, 6.07) is 9.34. The summed E-state index contributed by atoms with van der Waals surface area (Å²) in [6.45, 7) is 3.41. The Morgan fingerprint density at radius 2 is 1.85 bits per heavy atom. The Balaban J connectivity index is 1.77. The molecule has 7 nitrogen and oxygen atoms in total. The van der Waals surface area contributed by atoms with Crippen molar-refractivity contribution in [2.45, 2.75) is 13.8 Å². The van der Waals surface area contributed by atoms with E-state index in [1.165, 1.54) is 18.6 Å². The number of ketones is 1. The second-order valence-corrected chi connectivity index (χ2v) is 5.91. The standard InChI is InChI=1S/C20H19N3O4/c1-13-10-17(14(2)23(13)15-4-6-16(26-3)7-5-15)19(24)12-27-20(25)18-11-21-8-9-22-18/h4-11H,12H2,1-3H3. The molecule has 1 aromatic carbocycles. The highest BCUT2D eigenvalue weighted by Crippen LogP contribution is 2.23. The Morgan fingerprint density at radius 3 is 2.48 bits per heavy atom. The van der Waals surface area contributed by atoms with Gasteiger partial charge in [-0.1, -0.05) is 0 Å². The highest BCUT2D eigenvalue weighted by molar-refractivity contribution is 6.00. The van der Waals surface area contributed by atoms with Crippen molar-refractivity contribution in [3.63, 3.8) is 0 Å². The molecule has 0 saturated carbocycles. The van der Waals surface area contributed by atoms with Gasteiger partial charge in [0, 0.05) is 35.0 Å². The van der Waals surface area contributed by atoms with Gasteiger partial charge in [-0.05, 0) is 44.2 Å². The van der Waals surface area contributed by atoms with Crippen molar-refractivity contribution in [2.24, 2.45) is 0 Å². The molecule has 0 bridgehead atoms. The van der Waals surface area contributed by atoms with Gasteiger partial charge in [-0.15, -0.1) is 0 Å². The van der Waals surface area contributed by atoms with Crippen LogP contribution in [0.1, 0.15) is 32.2 Å². The summed E-state index contributed by atoms with van der Waals surface area (Å²) in [7, 11) is 1.61. The van der Waals surface area contributed by atoms with Gasteiger partial charge in [-0.3, -0.25) is 9.78 Å². The highest BCUT2D eigenvalue weighted by atomic mass is 16.5. The molecule has 0 fully saturated rings. The number of Topliss-reactive ketones (excluding diaryl/α,β-unsaturated/α-hetero) is 1. The molecule has 0 aliphatic rings. The van der Waals surface area contributed by atoms with Crippen molar-refractivity contribution in [2.75, 3.05) is 13.7 Å². The first-order chi connectivity index (χ1) is 13.0. The van der Waals surface area contributed by atoms with Gasteiger partial charge in [0.15, 0.2) is 12.3 Å². The van der Waals surface area contributed by atoms with E-state index in [9.17, 15) is 9.59 Å². The molecule has 0 atom stereocenters. The molecule has 0 saturated heterocycles. The van der Waals surface area contributed by atoms with Crippen LogP contribution in [-0.4, -0.2) is 40.0 Å². The Morgan fingerprint density at radius 1 is 1.11 bits per heavy atom. The molecule has 0 N–H and O–H groups in total. The molecule has 3 aromatic rings. The summed E-state index contributed by atoms with van der Waals surface area (Å²) in [5, 5.41) is 0. The van der Waals surface area contributed by atoms with Crippen LogP contribution >= 0.6 is 0 Å². The topological polar surface area (TPSA) is 83.3 Å². The van der Waals surface area contributed by atoms with Crippen LogP contribution in [0, 0.1) is 13.8 Å². The molecule has 0 aliphatic heterocycles. The average Bonchev–Trinajstić information content (AvgIpc) is 3.00. The molecule has 27 heavy (non-hydrogen) atoms. The smallest absolute Gasteiger partial charge is 0.358 e. The second-order valence-electron chi connectivity index (χ2n) is 5.91. The number of esters is 1. The van der Waals surface area contributed by atoms with Gasteiger partial charge in [-0.2, -0.15) is 0 Å². The van der Waals surface area contributed by atoms with Gasteiger partial charge in [0.25, 0.3) is 0 Å². The van der Waals surface area contributed by atoms with E-state index in [0.717, 1.165) is 22.8 Å². The van der Waals surface area contributed by atoms with E-state index in [-0.39, 0.29) is 18.1 Å². The minimum absolute atomic E-state index is 0.0639. The number of benzene rings is 1. The zero-order valence-electron chi connectivity index (χ0n) is 15.3. The molecule has 7 heteroatoms. The third-order valence-corrected chi connectivity index (χ3v) is 4.17. The van der Waals surface area contributed by atoms with Gasteiger partial charge in [0.2, 0.25) is 5.78 Å². The molecule has 0 spiro atoms. The predicted molar refractivity (Wildman–Crippen MR) is 98.4 cm³/mol. The fraction of sp³-hybridized carbons (Fsp3) is 0.200. The van der Waals surface area contributed by atoms with E-state index in [1.54, 1.807) is 13.2 Å². The summed E-state index contributed by atoms with van der Waals surface area (Å²) in [4.78, 5) is 32.1. The Hall–Kier alpha value is -3.48. The molecule has 2 aromatic heterocycles. The molecule has 0 radical (unpaired) electrons. The summed E-state index contributed by atoms with van der Waals surface area (Å²) in [6.07, 6.45) is 4.14. The largest absolute Gasteiger partial charge is 0.497 e. The van der Waals surface area contributed by atoms with Crippen LogP contribution in [0.15, 0.2) is 48.9 Å². The van der Waals surface area contributed by atoms with Crippen LogP contribution in [0.2, 0.25) is 0 Å². The third kappa shape index (κ3) is 3.87. The maximum absolute atomic E-state index is 12.6. The molecule has 0 aliphatic carbocycles. The van der Waals surface area contributed by atoms with Crippen LogP contribution in [0.25, 0.3) is 5.69 Å². The zero-order valence-corrected chi connectivity index (χ0v) is 15.3. The molecule has 138 valence electrons. The number of nitrogens with zero attached hydrogens (tertiary/aromatic N) is 3. The van der Waals surface area contributed by atoms with E-state index < -0.39 is 5.97 Å². The predicted octanol–water partition coefficient (Wildman–Crippen LogP) is 2.93. The van der Waals surface area contributed by atoms with Crippen LogP contribution in [0.5, 0.6) is 5.75 Å².